The van der Waals surface area contributed by atoms with E-state index in [4.69, 9.17) is 26.2 Å². The summed E-state index contributed by atoms with van der Waals surface area (Å²) in [5, 5.41) is 26.4. The summed E-state index contributed by atoms with van der Waals surface area (Å²) in [4.78, 5) is 14.2. The molecule has 2 aliphatic carbocycles. The first-order chi connectivity index (χ1) is 21.4. The number of anilines is 1. The Kier molecular flexibility index (Phi) is 10.5. The lowest BCUT2D eigenvalue weighted by molar-refractivity contribution is 0.0456. The molecule has 5 rings (SSSR count). The van der Waals surface area contributed by atoms with Gasteiger partial charge in [0.25, 0.3) is 0 Å². The predicted molar refractivity (Wildman–Crippen MR) is 176 cm³/mol. The zero-order valence-corrected chi connectivity index (χ0v) is 27.6. The predicted octanol–water partition coefficient (Wildman–Crippen LogP) is 5.32. The number of halogens is 1. The summed E-state index contributed by atoms with van der Waals surface area (Å²) in [6.07, 6.45) is 8.62. The van der Waals surface area contributed by atoms with Gasteiger partial charge in [0.2, 0.25) is 10.0 Å². The lowest BCUT2D eigenvalue weighted by Gasteiger charge is -2.45. The topological polar surface area (TPSA) is 139 Å². The van der Waals surface area contributed by atoms with Crippen LogP contribution in [0, 0.1) is 11.8 Å². The quantitative estimate of drug-likeness (QED) is 0.260. The summed E-state index contributed by atoms with van der Waals surface area (Å²) in [7, 11) is -2.17. The lowest BCUT2D eigenvalue weighted by atomic mass is 9.68. The van der Waals surface area contributed by atoms with E-state index in [1.54, 1.807) is 31.4 Å². The molecule has 2 aromatic rings. The number of sulfonamides is 1. The highest BCUT2D eigenvalue weighted by Crippen LogP contribution is 2.46. The molecule has 0 bridgehead atoms. The van der Waals surface area contributed by atoms with Crippen LogP contribution in [0.5, 0.6) is 5.75 Å². The Labute approximate surface area is 271 Å². The molecule has 6 atom stereocenters. The van der Waals surface area contributed by atoms with Gasteiger partial charge in [-0.15, -0.1) is 0 Å². The maximum Gasteiger partial charge on any atom is 0.335 e. The minimum absolute atomic E-state index is 0.0347. The Hall–Kier alpha value is -2.63. The van der Waals surface area contributed by atoms with Crippen LogP contribution in [0.3, 0.4) is 0 Å². The molecule has 246 valence electrons. The molecule has 1 heterocycles. The van der Waals surface area contributed by atoms with Crippen molar-refractivity contribution in [1.29, 1.82) is 0 Å². The molecule has 1 saturated carbocycles. The van der Waals surface area contributed by atoms with Gasteiger partial charge in [-0.3, -0.25) is 0 Å². The third-order valence-corrected chi connectivity index (χ3v) is 11.7. The average Bonchev–Trinajstić information content (AvgIpc) is 3.12. The monoisotopic (exact) mass is 660 g/mol. The van der Waals surface area contributed by atoms with Crippen molar-refractivity contribution >= 4 is 33.3 Å². The molecule has 1 aliphatic heterocycles. The van der Waals surface area contributed by atoms with E-state index in [1.807, 2.05) is 19.1 Å². The van der Waals surface area contributed by atoms with Crippen LogP contribution in [0.4, 0.5) is 5.69 Å². The number of benzene rings is 2. The zero-order valence-electron chi connectivity index (χ0n) is 26.0. The van der Waals surface area contributed by atoms with Crippen molar-refractivity contribution < 1.29 is 32.9 Å². The summed E-state index contributed by atoms with van der Waals surface area (Å²) in [6, 6.07) is 11.2. The van der Waals surface area contributed by atoms with E-state index in [0.29, 0.717) is 44.7 Å². The first-order valence-electron chi connectivity index (χ1n) is 15.8. The number of primary sulfonamides is 1. The number of methoxy groups -OCH3 is 1. The van der Waals surface area contributed by atoms with Gasteiger partial charge in [-0.25, -0.2) is 18.4 Å². The van der Waals surface area contributed by atoms with Gasteiger partial charge in [0.1, 0.15) is 5.75 Å². The Morgan fingerprint density at radius 1 is 1.27 bits per heavy atom. The SMILES string of the molecule is COC(C)CC(CC/C=C/C(O)[C@@H]1CC[C@H]1CN1C[C@@]2(CCCc3cc(Cl)ccc32)COc2ccc(C(=O)O)cc21)S(N)(=O)=O. The van der Waals surface area contributed by atoms with Crippen molar-refractivity contribution in [3.05, 3.63) is 70.3 Å². The standard InChI is InChI=1S/C34H45ClN2O7S/c1-22(43-2)16-27(45(36,41)42)7-3-4-8-31(38)28-12-9-25(28)19-37-20-34(15-5-6-23-17-26(35)11-13-29(23)34)21-44-32-14-10-24(33(39)40)18-30(32)37/h4,8,10-11,13-14,17-18,22,25,27-28,31,38H,3,5-7,9,12,15-16,19-21H2,1-2H3,(H,39,40)(H2,36,41,42)/b8-4+/t22?,25-,27?,28+,31?,34-/m0/s1. The van der Waals surface area contributed by atoms with E-state index in [9.17, 15) is 23.4 Å². The summed E-state index contributed by atoms with van der Waals surface area (Å²) in [5.41, 5.74) is 3.17. The molecule has 2 aromatic carbocycles. The van der Waals surface area contributed by atoms with Crippen LogP contribution in [-0.2, 0) is 26.6 Å². The van der Waals surface area contributed by atoms with E-state index in [-0.39, 0.29) is 28.9 Å². The number of nitrogens with zero attached hydrogens (tertiary/aromatic N) is 1. The Balaban J connectivity index is 1.33. The average molecular weight is 661 g/mol. The van der Waals surface area contributed by atoms with Crippen molar-refractivity contribution in [2.45, 2.75) is 81.2 Å². The van der Waals surface area contributed by atoms with Gasteiger partial charge in [0, 0.05) is 30.6 Å². The first-order valence-corrected chi connectivity index (χ1v) is 17.8. The van der Waals surface area contributed by atoms with Gasteiger partial charge < -0.3 is 24.6 Å². The van der Waals surface area contributed by atoms with E-state index in [2.05, 4.69) is 17.0 Å². The number of hydrogen-bond acceptors (Lipinski definition) is 7. The second kappa shape index (κ2) is 14.0. The van der Waals surface area contributed by atoms with Crippen LogP contribution >= 0.6 is 11.6 Å². The van der Waals surface area contributed by atoms with Crippen LogP contribution in [0.15, 0.2) is 48.6 Å². The molecule has 0 aromatic heterocycles. The molecule has 11 heteroatoms. The molecule has 4 N–H and O–H groups in total. The van der Waals surface area contributed by atoms with Gasteiger partial charge in [-0.2, -0.15) is 0 Å². The van der Waals surface area contributed by atoms with Crippen LogP contribution in [-0.4, -0.2) is 68.9 Å². The molecular weight excluding hydrogens is 616 g/mol. The van der Waals surface area contributed by atoms with Gasteiger partial charge in [0.05, 0.1) is 35.3 Å². The number of aliphatic hydroxyl groups excluding tert-OH is 1. The number of aryl methyl sites for hydroxylation is 1. The van der Waals surface area contributed by atoms with E-state index < -0.39 is 27.3 Å². The second-order valence-electron chi connectivity index (χ2n) is 13.1. The number of ether oxygens (including phenoxy) is 2. The zero-order chi connectivity index (χ0) is 32.4. The van der Waals surface area contributed by atoms with Crippen LogP contribution in [0.1, 0.15) is 73.4 Å². The van der Waals surface area contributed by atoms with Gasteiger partial charge in [-0.1, -0.05) is 29.8 Å². The number of carboxylic acid groups (broad SMARTS) is 1. The number of allylic oxidation sites excluding steroid dienone is 1. The highest BCUT2D eigenvalue weighted by Gasteiger charge is 2.44. The van der Waals surface area contributed by atoms with Crippen LogP contribution in [0.2, 0.25) is 5.02 Å². The Bertz CT molecular complexity index is 1520. The number of carboxylic acids is 1. The normalized spacial score (nSPS) is 25.0. The minimum Gasteiger partial charge on any atom is -0.490 e. The fourth-order valence-corrected chi connectivity index (χ4v) is 8.54. The summed E-state index contributed by atoms with van der Waals surface area (Å²) < 4.78 is 35.8. The number of fused-ring (bicyclic) bond motifs is 3. The number of rotatable bonds is 12. The van der Waals surface area contributed by atoms with E-state index in [0.717, 1.165) is 42.8 Å². The number of aromatic carboxylic acids is 1. The number of carbonyl (C=O) groups is 1. The fourth-order valence-electron chi connectivity index (χ4n) is 7.34. The largest absolute Gasteiger partial charge is 0.490 e. The van der Waals surface area contributed by atoms with E-state index in [1.165, 1.54) is 11.1 Å². The smallest absolute Gasteiger partial charge is 0.335 e. The molecule has 3 unspecified atom stereocenters. The van der Waals surface area contributed by atoms with Crippen LogP contribution in [0.25, 0.3) is 0 Å². The number of aliphatic hydroxyl groups is 1. The van der Waals surface area contributed by atoms with Crippen molar-refractivity contribution in [3.63, 3.8) is 0 Å². The second-order valence-corrected chi connectivity index (χ2v) is 15.4. The maximum atomic E-state index is 12.1. The molecular formula is C34H45ClN2O7S. The van der Waals surface area contributed by atoms with Gasteiger partial charge in [0.15, 0.2) is 0 Å². The first kappa shape index (κ1) is 33.7. The van der Waals surface area contributed by atoms with Crippen molar-refractivity contribution in [1.82, 2.24) is 0 Å². The summed E-state index contributed by atoms with van der Waals surface area (Å²) in [6.45, 7) is 3.62. The lowest BCUT2D eigenvalue weighted by Crippen LogP contribution is -2.49. The molecule has 0 saturated heterocycles. The molecule has 0 amide bonds. The van der Waals surface area contributed by atoms with Crippen LogP contribution < -0.4 is 14.8 Å². The Morgan fingerprint density at radius 3 is 2.76 bits per heavy atom. The van der Waals surface area contributed by atoms with Crippen molar-refractivity contribution in [2.24, 2.45) is 17.0 Å². The molecule has 9 nitrogen and oxygen atoms in total. The highest BCUT2D eigenvalue weighted by atomic mass is 35.5. The molecule has 45 heavy (non-hydrogen) atoms. The molecule has 1 spiro atoms. The summed E-state index contributed by atoms with van der Waals surface area (Å²) in [5.74, 6) is -0.0964. The molecule has 3 aliphatic rings. The van der Waals surface area contributed by atoms with Crippen molar-refractivity contribution in [2.75, 3.05) is 31.7 Å². The number of hydrogen-bond donors (Lipinski definition) is 3. The summed E-state index contributed by atoms with van der Waals surface area (Å²) >= 11 is 6.37. The Morgan fingerprint density at radius 2 is 2.07 bits per heavy atom. The molecule has 1 fully saturated rings. The highest BCUT2D eigenvalue weighted by molar-refractivity contribution is 7.89. The fraction of sp³-hybridized carbons (Fsp3) is 0.559. The van der Waals surface area contributed by atoms with E-state index >= 15 is 0 Å². The maximum absolute atomic E-state index is 12.1. The third-order valence-electron chi connectivity index (χ3n) is 10.1. The minimum atomic E-state index is -3.71. The molecule has 0 radical (unpaired) electrons. The van der Waals surface area contributed by atoms with Crippen molar-refractivity contribution in [3.8, 4) is 5.75 Å². The third kappa shape index (κ3) is 7.68. The van der Waals surface area contributed by atoms with Gasteiger partial charge in [-0.05, 0) is 112 Å². The number of nitrogens with two attached hydrogens (primary N) is 1. The van der Waals surface area contributed by atoms with Gasteiger partial charge >= 0.3 is 5.97 Å².